The van der Waals surface area contributed by atoms with Crippen molar-refractivity contribution in [1.82, 2.24) is 0 Å². The molecule has 4 aliphatic carbocycles. The molecule has 2 N–H and O–H groups in total. The number of carbonyl (C=O) groups excluding carboxylic acids is 1. The van der Waals surface area contributed by atoms with Gasteiger partial charge in [0.05, 0.1) is 6.10 Å². The van der Waals surface area contributed by atoms with E-state index >= 15 is 4.39 Å². The number of halogens is 1. The Morgan fingerprint density at radius 2 is 1.87 bits per heavy atom. The van der Waals surface area contributed by atoms with Crippen LogP contribution in [0.3, 0.4) is 0 Å². The molecule has 4 rings (SSSR count). The van der Waals surface area contributed by atoms with Crippen LogP contribution in [0.15, 0.2) is 0 Å². The van der Waals surface area contributed by atoms with Gasteiger partial charge in [-0.05, 0) is 62.2 Å². The fourth-order valence-corrected chi connectivity index (χ4v) is 7.11. The minimum Gasteiger partial charge on any atom is -0.393 e. The van der Waals surface area contributed by atoms with Crippen LogP contribution in [0, 0.1) is 34.5 Å². The van der Waals surface area contributed by atoms with E-state index in [4.69, 9.17) is 0 Å². The van der Waals surface area contributed by atoms with Crippen LogP contribution in [0.5, 0.6) is 0 Å². The molecule has 0 aliphatic heterocycles. The predicted molar refractivity (Wildman–Crippen MR) is 84.2 cm³/mol. The summed E-state index contributed by atoms with van der Waals surface area (Å²) in [6, 6.07) is 0. The zero-order chi connectivity index (χ0) is 16.6. The van der Waals surface area contributed by atoms with Crippen molar-refractivity contribution in [3.63, 3.8) is 0 Å². The van der Waals surface area contributed by atoms with E-state index in [1.165, 1.54) is 0 Å². The minimum atomic E-state index is -2.30. The molecule has 4 saturated carbocycles. The predicted octanol–water partition coefficient (Wildman–Crippen LogP) is 3.23. The number of aliphatic hydroxyl groups excluding tert-OH is 1. The molecule has 0 heterocycles. The molecule has 8 atom stereocenters. The average molecular weight is 324 g/mol. The van der Waals surface area contributed by atoms with Gasteiger partial charge in [0.25, 0.3) is 0 Å². The van der Waals surface area contributed by atoms with Crippen molar-refractivity contribution in [3.05, 3.63) is 0 Å². The molecule has 2 unspecified atom stereocenters. The van der Waals surface area contributed by atoms with E-state index in [0.717, 1.165) is 32.1 Å². The van der Waals surface area contributed by atoms with Gasteiger partial charge < -0.3 is 10.2 Å². The third kappa shape index (κ3) is 1.91. The molecule has 0 amide bonds. The van der Waals surface area contributed by atoms with E-state index < -0.39 is 17.4 Å². The van der Waals surface area contributed by atoms with E-state index in [0.29, 0.717) is 30.5 Å². The summed E-state index contributed by atoms with van der Waals surface area (Å²) in [5.41, 5.74) is -0.991. The van der Waals surface area contributed by atoms with Crippen LogP contribution in [0.1, 0.15) is 65.2 Å². The van der Waals surface area contributed by atoms with Gasteiger partial charge in [-0.3, -0.25) is 4.79 Å². The van der Waals surface area contributed by atoms with E-state index in [2.05, 4.69) is 6.92 Å². The highest BCUT2D eigenvalue weighted by Crippen LogP contribution is 2.67. The lowest BCUT2D eigenvalue weighted by Crippen LogP contribution is -2.63. The standard InChI is InChI=1S/C19H29FO3/c1-17-8-7-15-13(14(17)5-6-16(17)22)4-3-11-9-12(21)10-19(20,23)18(11,15)2/h11-15,21,23H,3-10H2,1-2H3/t11?,12-,13-,14-,15-,17-,18-,19?/m0/s1. The second-order valence-electron chi connectivity index (χ2n) is 9.20. The first kappa shape index (κ1) is 16.0. The molecule has 0 radical (unpaired) electrons. The first-order valence-corrected chi connectivity index (χ1v) is 9.33. The molecule has 4 aliphatic rings. The lowest BCUT2D eigenvalue weighted by Gasteiger charge is -2.62. The fourth-order valence-electron chi connectivity index (χ4n) is 7.11. The number of hydrogen-bond donors (Lipinski definition) is 2. The Hall–Kier alpha value is -0.480. The fraction of sp³-hybridized carbons (Fsp3) is 0.947. The van der Waals surface area contributed by atoms with Gasteiger partial charge >= 0.3 is 0 Å². The maximum absolute atomic E-state index is 15.3. The molecule has 3 nitrogen and oxygen atoms in total. The summed E-state index contributed by atoms with van der Waals surface area (Å²) >= 11 is 0. The Bertz CT molecular complexity index is 533. The first-order valence-electron chi connectivity index (χ1n) is 9.33. The van der Waals surface area contributed by atoms with Crippen LogP contribution in [-0.4, -0.2) is 28.0 Å². The highest BCUT2D eigenvalue weighted by Gasteiger charge is 2.67. The van der Waals surface area contributed by atoms with E-state index in [9.17, 15) is 15.0 Å². The van der Waals surface area contributed by atoms with Gasteiger partial charge in [0, 0.05) is 23.7 Å². The van der Waals surface area contributed by atoms with Gasteiger partial charge in [0.2, 0.25) is 5.85 Å². The molecule has 0 aromatic carbocycles. The third-order valence-electron chi connectivity index (χ3n) is 8.50. The molecule has 0 saturated heterocycles. The molecule has 4 fully saturated rings. The SMILES string of the molecule is C[C@]12C(CC[C@@H]3[C@@H]1CC[C@]1(C)C(=O)CC[C@@H]31)C[C@H](O)CC2(O)F. The van der Waals surface area contributed by atoms with Crippen LogP contribution >= 0.6 is 0 Å². The maximum Gasteiger partial charge on any atom is 0.215 e. The molecule has 0 aromatic heterocycles. The van der Waals surface area contributed by atoms with Gasteiger partial charge in [0.1, 0.15) is 5.78 Å². The molecule has 0 spiro atoms. The molecular weight excluding hydrogens is 295 g/mol. The lowest BCUT2D eigenvalue weighted by molar-refractivity contribution is -0.288. The van der Waals surface area contributed by atoms with Gasteiger partial charge in [0.15, 0.2) is 0 Å². The summed E-state index contributed by atoms with van der Waals surface area (Å²) in [5.74, 6) is -1.03. The topological polar surface area (TPSA) is 57.5 Å². The van der Waals surface area contributed by atoms with Gasteiger partial charge in [-0.1, -0.05) is 13.8 Å². The maximum atomic E-state index is 15.3. The molecule has 0 aromatic rings. The van der Waals surface area contributed by atoms with Crippen molar-refractivity contribution >= 4 is 5.78 Å². The molecular formula is C19H29FO3. The summed E-state index contributed by atoms with van der Waals surface area (Å²) in [7, 11) is 0. The highest BCUT2D eigenvalue weighted by molar-refractivity contribution is 5.87. The number of aliphatic hydroxyl groups is 2. The van der Waals surface area contributed by atoms with Crippen LogP contribution in [0.4, 0.5) is 4.39 Å². The summed E-state index contributed by atoms with van der Waals surface area (Å²) < 4.78 is 15.3. The zero-order valence-electron chi connectivity index (χ0n) is 14.2. The largest absolute Gasteiger partial charge is 0.393 e. The van der Waals surface area contributed by atoms with Gasteiger partial charge in [-0.15, -0.1) is 0 Å². The van der Waals surface area contributed by atoms with Crippen molar-refractivity contribution in [2.75, 3.05) is 0 Å². The Morgan fingerprint density at radius 3 is 2.61 bits per heavy atom. The van der Waals surface area contributed by atoms with Gasteiger partial charge in [-0.25, -0.2) is 4.39 Å². The van der Waals surface area contributed by atoms with Crippen molar-refractivity contribution < 1.29 is 19.4 Å². The molecule has 23 heavy (non-hydrogen) atoms. The summed E-state index contributed by atoms with van der Waals surface area (Å²) in [6.07, 6.45) is 4.85. The number of rotatable bonds is 0. The lowest BCUT2D eigenvalue weighted by atomic mass is 9.44. The van der Waals surface area contributed by atoms with E-state index in [1.54, 1.807) is 0 Å². The Labute approximate surface area is 137 Å². The minimum absolute atomic E-state index is 0.0453. The second-order valence-corrected chi connectivity index (χ2v) is 9.20. The Kier molecular flexibility index (Phi) is 3.33. The first-order chi connectivity index (χ1) is 10.7. The van der Waals surface area contributed by atoms with E-state index in [-0.39, 0.29) is 23.7 Å². The number of ketones is 1. The number of Topliss-reactive ketones (excluding diaryl/α,β-unsaturated/α-hetero) is 1. The van der Waals surface area contributed by atoms with Crippen molar-refractivity contribution in [2.45, 2.75) is 77.2 Å². The monoisotopic (exact) mass is 324 g/mol. The summed E-state index contributed by atoms with van der Waals surface area (Å²) in [5, 5.41) is 20.6. The van der Waals surface area contributed by atoms with Crippen molar-refractivity contribution in [2.24, 2.45) is 34.5 Å². The number of fused-ring (bicyclic) bond motifs is 5. The normalized spacial score (nSPS) is 59.2. The van der Waals surface area contributed by atoms with Gasteiger partial charge in [-0.2, -0.15) is 0 Å². The van der Waals surface area contributed by atoms with Crippen LogP contribution in [0.25, 0.3) is 0 Å². The van der Waals surface area contributed by atoms with Crippen molar-refractivity contribution in [3.8, 4) is 0 Å². The zero-order valence-corrected chi connectivity index (χ0v) is 14.2. The van der Waals surface area contributed by atoms with Crippen LogP contribution in [0.2, 0.25) is 0 Å². The Morgan fingerprint density at radius 1 is 1.13 bits per heavy atom. The third-order valence-corrected chi connectivity index (χ3v) is 8.50. The summed E-state index contributed by atoms with van der Waals surface area (Å²) in [6.45, 7) is 4.03. The quantitative estimate of drug-likeness (QED) is 0.719. The number of hydrogen-bond acceptors (Lipinski definition) is 3. The molecule has 4 heteroatoms. The smallest absolute Gasteiger partial charge is 0.215 e. The highest BCUT2D eigenvalue weighted by atomic mass is 19.2. The van der Waals surface area contributed by atoms with E-state index in [1.807, 2.05) is 6.92 Å². The molecule has 130 valence electrons. The number of carbonyl (C=O) groups is 1. The van der Waals surface area contributed by atoms with Crippen LogP contribution < -0.4 is 0 Å². The second kappa shape index (κ2) is 4.78. The number of alkyl halides is 1. The Balaban J connectivity index is 1.71. The molecule has 0 bridgehead atoms. The summed E-state index contributed by atoms with van der Waals surface area (Å²) in [4.78, 5) is 12.4. The van der Waals surface area contributed by atoms with Crippen LogP contribution in [-0.2, 0) is 4.79 Å². The average Bonchev–Trinajstić information content (AvgIpc) is 2.76. The van der Waals surface area contributed by atoms with Crippen molar-refractivity contribution in [1.29, 1.82) is 0 Å².